The molecule has 1 fully saturated rings. The van der Waals surface area contributed by atoms with Crippen LogP contribution in [0.3, 0.4) is 0 Å². The number of halogens is 3. The molecule has 0 saturated carbocycles. The third-order valence-electron chi connectivity index (χ3n) is 4.93. The Morgan fingerprint density at radius 1 is 1.17 bits per heavy atom. The Kier molecular flexibility index (Phi) is 6.36. The monoisotopic (exact) mass is 435 g/mol. The molecule has 1 aliphatic heterocycles. The van der Waals surface area contributed by atoms with Gasteiger partial charge in [0.1, 0.15) is 23.7 Å². The van der Waals surface area contributed by atoms with Crippen LogP contribution in [0.25, 0.3) is 0 Å². The molecule has 2 N–H and O–H groups in total. The Morgan fingerprint density at radius 2 is 1.87 bits per heavy atom. The molecule has 2 aromatic carbocycles. The zero-order valence-corrected chi connectivity index (χ0v) is 16.9. The van der Waals surface area contributed by atoms with Gasteiger partial charge >= 0.3 is 6.03 Å². The van der Waals surface area contributed by atoms with Crippen LogP contribution in [0.5, 0.6) is 0 Å². The molecule has 2 aromatic rings. The number of nitrogens with one attached hydrogen (secondary N) is 2. The zero-order valence-electron chi connectivity index (χ0n) is 16.2. The van der Waals surface area contributed by atoms with E-state index in [1.54, 1.807) is 0 Å². The molecule has 0 spiro atoms. The molecule has 0 aliphatic carbocycles. The van der Waals surface area contributed by atoms with Crippen LogP contribution in [0.15, 0.2) is 42.5 Å². The van der Waals surface area contributed by atoms with Crippen LogP contribution in [-0.4, -0.2) is 29.3 Å². The Labute approximate surface area is 177 Å². The van der Waals surface area contributed by atoms with Crippen molar-refractivity contribution in [3.05, 3.63) is 64.7 Å². The molecular weight excluding hydrogens is 416 g/mol. The number of urea groups is 1. The molecule has 1 atom stereocenters. The van der Waals surface area contributed by atoms with E-state index in [1.165, 1.54) is 36.4 Å². The van der Waals surface area contributed by atoms with Crippen molar-refractivity contribution >= 4 is 35.1 Å². The van der Waals surface area contributed by atoms with Crippen molar-refractivity contribution in [1.29, 1.82) is 0 Å². The van der Waals surface area contributed by atoms with Gasteiger partial charge in [0.15, 0.2) is 0 Å². The van der Waals surface area contributed by atoms with Gasteiger partial charge in [-0.05, 0) is 42.3 Å². The van der Waals surface area contributed by atoms with E-state index in [0.717, 1.165) is 17.4 Å². The highest BCUT2D eigenvalue weighted by molar-refractivity contribution is 6.30. The van der Waals surface area contributed by atoms with Crippen LogP contribution in [0.1, 0.15) is 31.7 Å². The van der Waals surface area contributed by atoms with Crippen LogP contribution < -0.4 is 10.6 Å². The van der Waals surface area contributed by atoms with E-state index in [2.05, 4.69) is 10.6 Å². The van der Waals surface area contributed by atoms with Gasteiger partial charge in [0, 0.05) is 5.02 Å². The number of benzene rings is 2. The second-order valence-corrected chi connectivity index (χ2v) is 7.45. The van der Waals surface area contributed by atoms with Gasteiger partial charge in [-0.25, -0.2) is 13.6 Å². The molecule has 1 aliphatic rings. The van der Waals surface area contributed by atoms with Gasteiger partial charge in [0.25, 0.3) is 5.91 Å². The smallest absolute Gasteiger partial charge is 0.322 e. The SMILES string of the molecule is CCCCC1(c2ccc(F)cc2)NC(=O)N(CC(=O)Nc2ccc(Cl)cc2F)C1=O. The maximum atomic E-state index is 13.9. The fourth-order valence-corrected chi connectivity index (χ4v) is 3.54. The van der Waals surface area contributed by atoms with Gasteiger partial charge in [-0.15, -0.1) is 0 Å². The van der Waals surface area contributed by atoms with Crippen molar-refractivity contribution in [2.45, 2.75) is 31.7 Å². The summed E-state index contributed by atoms with van der Waals surface area (Å²) >= 11 is 5.69. The second kappa shape index (κ2) is 8.79. The maximum absolute atomic E-state index is 13.9. The topological polar surface area (TPSA) is 78.5 Å². The van der Waals surface area contributed by atoms with Crippen molar-refractivity contribution in [3.63, 3.8) is 0 Å². The summed E-state index contributed by atoms with van der Waals surface area (Å²) in [5, 5.41) is 5.16. The molecule has 6 nitrogen and oxygen atoms in total. The lowest BCUT2D eigenvalue weighted by Gasteiger charge is -2.27. The molecule has 4 amide bonds. The van der Waals surface area contributed by atoms with E-state index in [4.69, 9.17) is 11.6 Å². The first-order chi connectivity index (χ1) is 14.3. The summed E-state index contributed by atoms with van der Waals surface area (Å²) in [5.74, 6) is -2.57. The maximum Gasteiger partial charge on any atom is 0.325 e. The molecule has 1 unspecified atom stereocenters. The second-order valence-electron chi connectivity index (χ2n) is 7.01. The number of amides is 4. The molecule has 3 rings (SSSR count). The number of unbranched alkanes of at least 4 members (excludes halogenated alkanes) is 1. The van der Waals surface area contributed by atoms with Gasteiger partial charge in [-0.1, -0.05) is 43.5 Å². The minimum Gasteiger partial charge on any atom is -0.322 e. The standard InChI is InChI=1S/C21H20ClF2N3O3/c1-2-3-10-21(13-4-7-15(23)8-5-13)19(29)27(20(30)26-21)12-18(28)25-17-9-6-14(22)11-16(17)24/h4-9,11H,2-3,10,12H2,1H3,(H,25,28)(H,26,30). The normalized spacial score (nSPS) is 18.5. The first-order valence-electron chi connectivity index (χ1n) is 9.42. The van der Waals surface area contributed by atoms with Gasteiger partial charge in [0.2, 0.25) is 5.91 Å². The fraction of sp³-hybridized carbons (Fsp3) is 0.286. The molecule has 0 radical (unpaired) electrons. The van der Waals surface area contributed by atoms with Crippen LogP contribution in [-0.2, 0) is 15.1 Å². The molecule has 1 heterocycles. The molecular formula is C21H20ClF2N3O3. The number of anilines is 1. The van der Waals surface area contributed by atoms with E-state index in [9.17, 15) is 23.2 Å². The largest absolute Gasteiger partial charge is 0.325 e. The van der Waals surface area contributed by atoms with Crippen LogP contribution in [0.4, 0.5) is 19.3 Å². The van der Waals surface area contributed by atoms with Gasteiger partial charge in [0.05, 0.1) is 5.69 Å². The van der Waals surface area contributed by atoms with Crippen LogP contribution >= 0.6 is 11.6 Å². The number of nitrogens with zero attached hydrogens (tertiary/aromatic N) is 1. The number of hydrogen-bond acceptors (Lipinski definition) is 3. The Balaban J connectivity index is 1.82. The van der Waals surface area contributed by atoms with Crippen LogP contribution in [0.2, 0.25) is 5.02 Å². The molecule has 158 valence electrons. The summed E-state index contributed by atoms with van der Waals surface area (Å²) in [7, 11) is 0. The highest BCUT2D eigenvalue weighted by Gasteiger charge is 2.52. The lowest BCUT2D eigenvalue weighted by atomic mass is 9.85. The summed E-state index contributed by atoms with van der Waals surface area (Å²) in [6.07, 6.45) is 1.69. The number of rotatable bonds is 7. The number of imide groups is 1. The summed E-state index contributed by atoms with van der Waals surface area (Å²) in [6, 6.07) is 8.28. The summed E-state index contributed by atoms with van der Waals surface area (Å²) < 4.78 is 27.3. The van der Waals surface area contributed by atoms with Crippen molar-refractivity contribution in [2.75, 3.05) is 11.9 Å². The van der Waals surface area contributed by atoms with Gasteiger partial charge in [-0.3, -0.25) is 14.5 Å². The minimum atomic E-state index is -1.38. The lowest BCUT2D eigenvalue weighted by Crippen LogP contribution is -2.44. The number of carbonyl (C=O) groups is 3. The van der Waals surface area contributed by atoms with Gasteiger partial charge < -0.3 is 10.6 Å². The molecule has 9 heteroatoms. The predicted molar refractivity (Wildman–Crippen MR) is 108 cm³/mol. The van der Waals surface area contributed by atoms with Crippen molar-refractivity contribution in [2.24, 2.45) is 0 Å². The molecule has 0 aromatic heterocycles. The lowest BCUT2D eigenvalue weighted by molar-refractivity contribution is -0.134. The summed E-state index contributed by atoms with van der Waals surface area (Å²) in [6.45, 7) is 1.34. The highest BCUT2D eigenvalue weighted by atomic mass is 35.5. The minimum absolute atomic E-state index is 0.118. The predicted octanol–water partition coefficient (Wildman–Crippen LogP) is 4.19. The Bertz CT molecular complexity index is 984. The zero-order chi connectivity index (χ0) is 21.9. The van der Waals surface area contributed by atoms with E-state index in [0.29, 0.717) is 18.4 Å². The van der Waals surface area contributed by atoms with Crippen molar-refractivity contribution in [3.8, 4) is 0 Å². The van der Waals surface area contributed by atoms with E-state index < -0.39 is 41.6 Å². The highest BCUT2D eigenvalue weighted by Crippen LogP contribution is 2.34. The summed E-state index contributed by atoms with van der Waals surface area (Å²) in [5.41, 5.74) is -1.07. The quantitative estimate of drug-likeness (QED) is 0.640. The first-order valence-corrected chi connectivity index (χ1v) is 9.79. The van der Waals surface area contributed by atoms with E-state index in [-0.39, 0.29) is 10.7 Å². The first kappa shape index (κ1) is 21.7. The molecule has 30 heavy (non-hydrogen) atoms. The summed E-state index contributed by atoms with van der Waals surface area (Å²) in [4.78, 5) is 38.9. The van der Waals surface area contributed by atoms with E-state index >= 15 is 0 Å². The third kappa shape index (κ3) is 4.28. The average molecular weight is 436 g/mol. The Morgan fingerprint density at radius 3 is 2.50 bits per heavy atom. The van der Waals surface area contributed by atoms with E-state index in [1.807, 2.05) is 6.92 Å². The molecule has 1 saturated heterocycles. The third-order valence-corrected chi connectivity index (χ3v) is 5.16. The molecule has 0 bridgehead atoms. The van der Waals surface area contributed by atoms with Gasteiger partial charge in [-0.2, -0.15) is 0 Å². The Hall–Kier alpha value is -3.00. The van der Waals surface area contributed by atoms with Crippen LogP contribution in [0, 0.1) is 11.6 Å². The number of hydrogen-bond donors (Lipinski definition) is 2. The average Bonchev–Trinajstić information content (AvgIpc) is 2.94. The van der Waals surface area contributed by atoms with Crippen molar-refractivity contribution < 1.29 is 23.2 Å². The fourth-order valence-electron chi connectivity index (χ4n) is 3.38. The number of carbonyl (C=O) groups excluding carboxylic acids is 3. The van der Waals surface area contributed by atoms with Crippen molar-refractivity contribution in [1.82, 2.24) is 10.2 Å².